The van der Waals surface area contributed by atoms with Crippen molar-refractivity contribution in [3.05, 3.63) is 64.9 Å². The van der Waals surface area contributed by atoms with Gasteiger partial charge in [0.25, 0.3) is 0 Å². The fourth-order valence-corrected chi connectivity index (χ4v) is 3.35. The summed E-state index contributed by atoms with van der Waals surface area (Å²) in [4.78, 5) is 17.3. The molecule has 0 aliphatic rings. The summed E-state index contributed by atoms with van der Waals surface area (Å²) in [5, 5.41) is 11.6. The average molecular weight is 425 g/mol. The Morgan fingerprint density at radius 2 is 1.83 bits per heavy atom. The standard InChI is InChI=1S/C19H17ClN8S/c1-11-4-2-3-5-14(11)22-18-24-15(23-17(21)26-18)10-29-19-25-16(27-28-19)12-6-8-13(20)9-7-12/h2-9H,10H2,1H3,(H,25,27,28)(H3,21,22,23,24,26). The number of hydrogen-bond donors (Lipinski definition) is 3. The number of thioether (sulfide) groups is 1. The minimum absolute atomic E-state index is 0.156. The first-order valence-electron chi connectivity index (χ1n) is 8.71. The van der Waals surface area contributed by atoms with Crippen LogP contribution in [0.15, 0.2) is 53.7 Å². The number of halogens is 1. The van der Waals surface area contributed by atoms with Gasteiger partial charge in [0.05, 0.1) is 5.75 Å². The van der Waals surface area contributed by atoms with Crippen LogP contribution in [0.3, 0.4) is 0 Å². The van der Waals surface area contributed by atoms with E-state index >= 15 is 0 Å². The molecule has 0 fully saturated rings. The van der Waals surface area contributed by atoms with Crippen LogP contribution in [0.4, 0.5) is 17.6 Å². The lowest BCUT2D eigenvalue weighted by atomic mass is 10.2. The Morgan fingerprint density at radius 1 is 1.03 bits per heavy atom. The quantitative estimate of drug-likeness (QED) is 0.393. The molecule has 0 aliphatic heterocycles. The second-order valence-electron chi connectivity index (χ2n) is 6.14. The third-order valence-corrected chi connectivity index (χ3v) is 5.10. The number of anilines is 3. The van der Waals surface area contributed by atoms with E-state index in [4.69, 9.17) is 17.3 Å². The predicted molar refractivity (Wildman–Crippen MR) is 115 cm³/mol. The van der Waals surface area contributed by atoms with Crippen LogP contribution >= 0.6 is 23.4 Å². The molecular weight excluding hydrogens is 408 g/mol. The Hall–Kier alpha value is -3.17. The number of nitrogens with one attached hydrogen (secondary N) is 2. The summed E-state index contributed by atoms with van der Waals surface area (Å²) in [7, 11) is 0. The summed E-state index contributed by atoms with van der Waals surface area (Å²) in [5.41, 5.74) is 8.75. The third-order valence-electron chi connectivity index (χ3n) is 4.00. The normalized spacial score (nSPS) is 10.8. The van der Waals surface area contributed by atoms with Gasteiger partial charge in [-0.1, -0.05) is 41.6 Å². The fraction of sp³-hybridized carbons (Fsp3) is 0.105. The minimum atomic E-state index is 0.156. The van der Waals surface area contributed by atoms with Crippen LogP contribution < -0.4 is 11.1 Å². The molecular formula is C19H17ClN8S. The lowest BCUT2D eigenvalue weighted by molar-refractivity contribution is 0.955. The van der Waals surface area contributed by atoms with Crippen molar-refractivity contribution in [2.45, 2.75) is 17.8 Å². The summed E-state index contributed by atoms with van der Waals surface area (Å²) in [6, 6.07) is 15.3. The second kappa shape index (κ2) is 8.46. The highest BCUT2D eigenvalue weighted by Gasteiger charge is 2.10. The van der Waals surface area contributed by atoms with Gasteiger partial charge in [0, 0.05) is 16.3 Å². The molecule has 29 heavy (non-hydrogen) atoms. The number of H-pyrrole nitrogens is 1. The highest BCUT2D eigenvalue weighted by atomic mass is 35.5. The molecule has 0 radical (unpaired) electrons. The van der Waals surface area contributed by atoms with E-state index in [1.807, 2.05) is 55.5 Å². The van der Waals surface area contributed by atoms with E-state index in [2.05, 4.69) is 35.5 Å². The van der Waals surface area contributed by atoms with Crippen LogP contribution in [-0.2, 0) is 5.75 Å². The molecule has 0 saturated heterocycles. The Kier molecular flexibility index (Phi) is 5.59. The topological polar surface area (TPSA) is 118 Å². The Morgan fingerprint density at radius 3 is 2.62 bits per heavy atom. The maximum atomic E-state index is 5.92. The van der Waals surface area contributed by atoms with Gasteiger partial charge in [-0.25, -0.2) is 4.98 Å². The van der Waals surface area contributed by atoms with E-state index in [-0.39, 0.29) is 5.95 Å². The number of nitrogens with zero attached hydrogens (tertiary/aromatic N) is 5. The van der Waals surface area contributed by atoms with Crippen molar-refractivity contribution in [2.24, 2.45) is 0 Å². The minimum Gasteiger partial charge on any atom is -0.368 e. The van der Waals surface area contributed by atoms with Crippen LogP contribution in [0.25, 0.3) is 11.4 Å². The lowest BCUT2D eigenvalue weighted by Gasteiger charge is -2.09. The highest BCUT2D eigenvalue weighted by Crippen LogP contribution is 2.23. The molecule has 4 aromatic rings. The molecule has 10 heteroatoms. The molecule has 4 N–H and O–H groups in total. The number of nitrogen functional groups attached to an aromatic ring is 1. The largest absolute Gasteiger partial charge is 0.368 e. The molecule has 0 amide bonds. The van der Waals surface area contributed by atoms with Crippen LogP contribution in [0.1, 0.15) is 11.4 Å². The highest BCUT2D eigenvalue weighted by molar-refractivity contribution is 7.98. The second-order valence-corrected chi connectivity index (χ2v) is 7.51. The molecule has 0 spiro atoms. The van der Waals surface area contributed by atoms with E-state index in [0.29, 0.717) is 33.5 Å². The molecule has 0 atom stereocenters. The van der Waals surface area contributed by atoms with E-state index < -0.39 is 0 Å². The van der Waals surface area contributed by atoms with Gasteiger partial charge in [-0.15, -0.1) is 5.10 Å². The van der Waals surface area contributed by atoms with Crippen molar-refractivity contribution in [2.75, 3.05) is 11.1 Å². The van der Waals surface area contributed by atoms with Gasteiger partial charge in [-0.05, 0) is 42.8 Å². The van der Waals surface area contributed by atoms with Gasteiger partial charge in [-0.2, -0.15) is 15.0 Å². The molecule has 2 aromatic carbocycles. The van der Waals surface area contributed by atoms with Crippen molar-refractivity contribution in [3.63, 3.8) is 0 Å². The van der Waals surface area contributed by atoms with Crippen molar-refractivity contribution in [1.82, 2.24) is 30.1 Å². The zero-order valence-corrected chi connectivity index (χ0v) is 17.0. The van der Waals surface area contributed by atoms with Crippen molar-refractivity contribution in [1.29, 1.82) is 0 Å². The third kappa shape index (κ3) is 4.82. The number of rotatable bonds is 6. The van der Waals surface area contributed by atoms with Crippen molar-refractivity contribution in [3.8, 4) is 11.4 Å². The summed E-state index contributed by atoms with van der Waals surface area (Å²) in [5.74, 6) is 2.22. The summed E-state index contributed by atoms with van der Waals surface area (Å²) in [6.45, 7) is 2.01. The summed E-state index contributed by atoms with van der Waals surface area (Å²) < 4.78 is 0. The smallest absolute Gasteiger partial charge is 0.232 e. The first kappa shape index (κ1) is 19.2. The van der Waals surface area contributed by atoms with Crippen LogP contribution in [0.5, 0.6) is 0 Å². The monoisotopic (exact) mass is 424 g/mol. The number of aromatic nitrogens is 6. The average Bonchev–Trinajstić information content (AvgIpc) is 3.17. The molecule has 8 nitrogen and oxygen atoms in total. The van der Waals surface area contributed by atoms with Gasteiger partial charge in [0.2, 0.25) is 17.1 Å². The zero-order chi connectivity index (χ0) is 20.2. The zero-order valence-electron chi connectivity index (χ0n) is 15.4. The van der Waals surface area contributed by atoms with Gasteiger partial charge >= 0.3 is 0 Å². The SMILES string of the molecule is Cc1ccccc1Nc1nc(N)nc(CSc2n[nH]c(-c3ccc(Cl)cc3)n2)n1. The first-order valence-corrected chi connectivity index (χ1v) is 10.1. The number of nitrogens with two attached hydrogens (primary N) is 1. The Labute approximate surface area is 176 Å². The van der Waals surface area contributed by atoms with Gasteiger partial charge in [0.15, 0.2) is 5.82 Å². The van der Waals surface area contributed by atoms with E-state index in [1.165, 1.54) is 11.8 Å². The Bertz CT molecular complexity index is 1130. The molecule has 0 aliphatic carbocycles. The van der Waals surface area contributed by atoms with E-state index in [1.54, 1.807) is 0 Å². The number of aromatic amines is 1. The number of para-hydroxylation sites is 1. The van der Waals surface area contributed by atoms with Crippen LogP contribution in [-0.4, -0.2) is 30.1 Å². The molecule has 0 bridgehead atoms. The Balaban J connectivity index is 1.45. The van der Waals surface area contributed by atoms with Gasteiger partial charge in [-0.3, -0.25) is 5.10 Å². The van der Waals surface area contributed by atoms with Crippen molar-refractivity contribution < 1.29 is 0 Å². The molecule has 2 aromatic heterocycles. The van der Waals surface area contributed by atoms with Gasteiger partial charge < -0.3 is 11.1 Å². The number of aryl methyl sites for hydroxylation is 1. The molecule has 0 unspecified atom stereocenters. The number of benzene rings is 2. The summed E-state index contributed by atoms with van der Waals surface area (Å²) >= 11 is 7.33. The summed E-state index contributed by atoms with van der Waals surface area (Å²) in [6.07, 6.45) is 0. The maximum Gasteiger partial charge on any atom is 0.232 e. The van der Waals surface area contributed by atoms with Crippen LogP contribution in [0, 0.1) is 6.92 Å². The molecule has 146 valence electrons. The fourth-order valence-electron chi connectivity index (χ4n) is 2.57. The van der Waals surface area contributed by atoms with Crippen molar-refractivity contribution >= 4 is 40.9 Å². The molecule has 2 heterocycles. The van der Waals surface area contributed by atoms with E-state index in [9.17, 15) is 0 Å². The molecule has 4 rings (SSSR count). The van der Waals surface area contributed by atoms with Crippen LogP contribution in [0.2, 0.25) is 5.02 Å². The first-order chi connectivity index (χ1) is 14.1. The number of hydrogen-bond acceptors (Lipinski definition) is 8. The maximum absolute atomic E-state index is 5.92. The molecule has 0 saturated carbocycles. The lowest BCUT2D eigenvalue weighted by Crippen LogP contribution is -2.07. The predicted octanol–water partition coefficient (Wildman–Crippen LogP) is 4.24. The van der Waals surface area contributed by atoms with Gasteiger partial charge in [0.1, 0.15) is 5.82 Å². The van der Waals surface area contributed by atoms with E-state index in [0.717, 1.165) is 16.8 Å².